The molecular formula is C38H55FN4O6. The number of aliphatic hydroxyl groups is 1. The minimum absolute atomic E-state index is 0.00128. The normalized spacial score (nSPS) is 21.4. The van der Waals surface area contributed by atoms with Gasteiger partial charge in [0.05, 0.1) is 23.6 Å². The number of benzene rings is 1. The van der Waals surface area contributed by atoms with Crippen LogP contribution >= 0.6 is 0 Å². The van der Waals surface area contributed by atoms with Crippen molar-refractivity contribution in [3.05, 3.63) is 47.5 Å². The van der Waals surface area contributed by atoms with Crippen molar-refractivity contribution in [1.82, 2.24) is 14.7 Å². The highest BCUT2D eigenvalue weighted by Gasteiger charge is 2.38. The molecule has 11 heteroatoms. The smallest absolute Gasteiger partial charge is 0.307 e. The molecule has 3 atom stereocenters. The van der Waals surface area contributed by atoms with Crippen LogP contribution in [0.3, 0.4) is 0 Å². The van der Waals surface area contributed by atoms with Gasteiger partial charge in [-0.15, -0.1) is 0 Å². The summed E-state index contributed by atoms with van der Waals surface area (Å²) in [5.74, 6) is -3.44. The van der Waals surface area contributed by atoms with Gasteiger partial charge in [0, 0.05) is 38.2 Å². The summed E-state index contributed by atoms with van der Waals surface area (Å²) in [6.45, 7) is 14.1. The number of piperidine rings is 1. The number of ketones is 1. The first kappa shape index (κ1) is 38.2. The number of Topliss-reactive ketones (excluding diaryl/α,β-unsaturated/α-hetero) is 1. The number of anilines is 1. The second-order valence-electron chi connectivity index (χ2n) is 15.5. The summed E-state index contributed by atoms with van der Waals surface area (Å²) >= 11 is 0. The molecule has 0 bridgehead atoms. The van der Waals surface area contributed by atoms with Crippen LogP contribution in [0.4, 0.5) is 10.1 Å². The fourth-order valence-electron chi connectivity index (χ4n) is 7.15. The topological polar surface area (TPSA) is 131 Å². The Morgan fingerprint density at radius 3 is 2.33 bits per heavy atom. The van der Waals surface area contributed by atoms with E-state index in [1.165, 1.54) is 12.1 Å². The van der Waals surface area contributed by atoms with Gasteiger partial charge in [-0.1, -0.05) is 32.8 Å². The number of amides is 2. The average molecular weight is 683 g/mol. The minimum atomic E-state index is -0.855. The number of likely N-dealkylation sites (tertiary alicyclic amines) is 1. The van der Waals surface area contributed by atoms with Gasteiger partial charge < -0.3 is 20.1 Å². The van der Waals surface area contributed by atoms with Gasteiger partial charge in [-0.3, -0.25) is 23.9 Å². The van der Waals surface area contributed by atoms with Gasteiger partial charge in [-0.05, 0) is 102 Å². The van der Waals surface area contributed by atoms with Crippen LogP contribution < -0.4 is 5.32 Å². The molecule has 2 aliphatic rings. The third-order valence-electron chi connectivity index (χ3n) is 10.3. The molecule has 1 saturated carbocycles. The first-order valence-corrected chi connectivity index (χ1v) is 17.9. The third-order valence-corrected chi connectivity index (χ3v) is 10.3. The standard InChI is InChI=1S/C38H55FN4O6/c1-8-43-32(15-18-40-43)33(44)22-29(26-11-9-24(2)10-12-26)35(46)41-31-14-13-27(21-30(31)39)25(3)28(23-34(45)49-37(4,5)6)36(47)42-19-16-38(7,48)17-20-42/h13-15,18,21,24-26,28-29,48H,8-12,16-17,19-20,22-23H2,1-7H3,(H,41,46)/t24?,25-,26?,28+,29-/m0/s1. The van der Waals surface area contributed by atoms with Crippen LogP contribution in [0.5, 0.6) is 0 Å². The zero-order chi connectivity index (χ0) is 36.1. The van der Waals surface area contributed by atoms with Gasteiger partial charge in [0.2, 0.25) is 11.8 Å². The summed E-state index contributed by atoms with van der Waals surface area (Å²) in [4.78, 5) is 55.6. The predicted octanol–water partition coefficient (Wildman–Crippen LogP) is 6.52. The second kappa shape index (κ2) is 16.0. The molecule has 1 aliphatic carbocycles. The van der Waals surface area contributed by atoms with Crippen LogP contribution in [0.1, 0.15) is 122 Å². The first-order chi connectivity index (χ1) is 23.0. The van der Waals surface area contributed by atoms with Gasteiger partial charge in [0.25, 0.3) is 0 Å². The molecule has 2 aromatic rings. The van der Waals surface area contributed by atoms with Crippen LogP contribution in [0.25, 0.3) is 0 Å². The molecule has 0 spiro atoms. The Bertz CT molecular complexity index is 1480. The fraction of sp³-hybridized carbons (Fsp3) is 0.658. The lowest BCUT2D eigenvalue weighted by atomic mass is 9.74. The highest BCUT2D eigenvalue weighted by Crippen LogP contribution is 2.37. The molecule has 2 fully saturated rings. The number of nitrogens with one attached hydrogen (secondary N) is 1. The summed E-state index contributed by atoms with van der Waals surface area (Å²) in [5, 5.41) is 17.4. The Hall–Kier alpha value is -3.60. The lowest BCUT2D eigenvalue weighted by molar-refractivity contribution is -0.159. The third kappa shape index (κ3) is 10.2. The number of ether oxygens (including phenoxy) is 1. The van der Waals surface area contributed by atoms with Crippen molar-refractivity contribution in [3.8, 4) is 0 Å². The second-order valence-corrected chi connectivity index (χ2v) is 15.5. The van der Waals surface area contributed by atoms with Crippen molar-refractivity contribution in [1.29, 1.82) is 0 Å². The molecule has 1 saturated heterocycles. The van der Waals surface area contributed by atoms with Gasteiger partial charge >= 0.3 is 5.97 Å². The number of aryl methyl sites for hydroxylation is 1. The van der Waals surface area contributed by atoms with Crippen molar-refractivity contribution >= 4 is 29.3 Å². The molecule has 0 unspecified atom stereocenters. The molecule has 2 heterocycles. The molecule has 270 valence electrons. The van der Waals surface area contributed by atoms with Crippen molar-refractivity contribution < 1.29 is 33.4 Å². The zero-order valence-corrected chi connectivity index (χ0v) is 30.3. The maximum atomic E-state index is 15.8. The summed E-state index contributed by atoms with van der Waals surface area (Å²) in [6, 6.07) is 6.13. The van der Waals surface area contributed by atoms with Gasteiger partial charge in [-0.25, -0.2) is 4.39 Å². The minimum Gasteiger partial charge on any atom is -0.460 e. The van der Waals surface area contributed by atoms with E-state index in [0.717, 1.165) is 25.7 Å². The number of carbonyl (C=O) groups is 4. The summed E-state index contributed by atoms with van der Waals surface area (Å²) in [6.07, 6.45) is 5.82. The Balaban J connectivity index is 1.54. The van der Waals surface area contributed by atoms with Crippen molar-refractivity contribution in [2.75, 3.05) is 18.4 Å². The van der Waals surface area contributed by atoms with Crippen molar-refractivity contribution in [3.63, 3.8) is 0 Å². The van der Waals surface area contributed by atoms with E-state index in [1.54, 1.807) is 62.5 Å². The molecule has 2 amide bonds. The zero-order valence-electron chi connectivity index (χ0n) is 30.3. The van der Waals surface area contributed by atoms with Crippen LogP contribution in [-0.2, 0) is 25.7 Å². The largest absolute Gasteiger partial charge is 0.460 e. The number of hydrogen-bond donors (Lipinski definition) is 2. The van der Waals surface area contributed by atoms with E-state index in [9.17, 15) is 24.3 Å². The number of halogens is 1. The van der Waals surface area contributed by atoms with Gasteiger partial charge in [0.15, 0.2) is 5.78 Å². The Morgan fingerprint density at radius 2 is 1.73 bits per heavy atom. The number of hydrogen-bond acceptors (Lipinski definition) is 7. The van der Waals surface area contributed by atoms with Crippen LogP contribution in [-0.4, -0.2) is 67.6 Å². The molecular weight excluding hydrogens is 627 g/mol. The monoisotopic (exact) mass is 682 g/mol. The van der Waals surface area contributed by atoms with E-state index in [4.69, 9.17) is 4.74 Å². The predicted molar refractivity (Wildman–Crippen MR) is 185 cm³/mol. The molecule has 4 rings (SSSR count). The van der Waals surface area contributed by atoms with Gasteiger partial charge in [-0.2, -0.15) is 5.10 Å². The lowest BCUT2D eigenvalue weighted by Gasteiger charge is -2.38. The highest BCUT2D eigenvalue weighted by molar-refractivity contribution is 6.00. The van der Waals surface area contributed by atoms with E-state index in [1.807, 2.05) is 6.92 Å². The number of esters is 1. The fourth-order valence-corrected chi connectivity index (χ4v) is 7.15. The number of rotatable bonds is 12. The molecule has 1 aromatic carbocycles. The number of nitrogens with zero attached hydrogens (tertiary/aromatic N) is 3. The maximum Gasteiger partial charge on any atom is 0.307 e. The van der Waals surface area contributed by atoms with Crippen molar-refractivity contribution in [2.24, 2.45) is 23.7 Å². The van der Waals surface area contributed by atoms with E-state index in [-0.39, 0.29) is 36.1 Å². The summed E-state index contributed by atoms with van der Waals surface area (Å²) in [7, 11) is 0. The molecule has 10 nitrogen and oxygen atoms in total. The van der Waals surface area contributed by atoms with E-state index in [0.29, 0.717) is 49.7 Å². The number of aromatic nitrogens is 2. The molecule has 2 N–H and O–H groups in total. The average Bonchev–Trinajstić information content (AvgIpc) is 3.52. The SMILES string of the molecule is CCn1nccc1C(=O)C[C@H](C(=O)Nc1ccc([C@H](C)[C@@H](CC(=O)OC(C)(C)C)C(=O)N2CCC(C)(O)CC2)cc1F)C1CCC(C)CC1. The van der Waals surface area contributed by atoms with Crippen LogP contribution in [0.2, 0.25) is 0 Å². The first-order valence-electron chi connectivity index (χ1n) is 17.9. The quantitative estimate of drug-likeness (QED) is 0.193. The Kier molecular flexibility index (Phi) is 12.4. The van der Waals surface area contributed by atoms with E-state index >= 15 is 4.39 Å². The molecule has 49 heavy (non-hydrogen) atoms. The van der Waals surface area contributed by atoms with E-state index < -0.39 is 46.6 Å². The Morgan fingerprint density at radius 1 is 1.08 bits per heavy atom. The number of carbonyl (C=O) groups excluding carboxylic acids is 4. The maximum absolute atomic E-state index is 15.8. The lowest BCUT2D eigenvalue weighted by Crippen LogP contribution is -2.48. The molecule has 1 aliphatic heterocycles. The molecule has 1 aromatic heterocycles. The van der Waals surface area contributed by atoms with Crippen molar-refractivity contribution in [2.45, 2.75) is 123 Å². The van der Waals surface area contributed by atoms with Crippen LogP contribution in [0, 0.1) is 29.5 Å². The summed E-state index contributed by atoms with van der Waals surface area (Å²) < 4.78 is 23.0. The van der Waals surface area contributed by atoms with Crippen LogP contribution in [0.15, 0.2) is 30.5 Å². The highest BCUT2D eigenvalue weighted by atomic mass is 19.1. The molecule has 0 radical (unpaired) electrons. The Labute approximate surface area is 290 Å². The summed E-state index contributed by atoms with van der Waals surface area (Å²) in [5.41, 5.74) is -0.637. The van der Waals surface area contributed by atoms with E-state index in [2.05, 4.69) is 17.3 Å². The van der Waals surface area contributed by atoms with Gasteiger partial charge in [0.1, 0.15) is 17.1 Å².